The zero-order valence-electron chi connectivity index (χ0n) is 13.2. The van der Waals surface area contributed by atoms with E-state index in [2.05, 4.69) is 6.58 Å². The van der Waals surface area contributed by atoms with Crippen molar-refractivity contribution < 1.29 is 19.1 Å². The van der Waals surface area contributed by atoms with Gasteiger partial charge in [0.2, 0.25) is 0 Å². The van der Waals surface area contributed by atoms with Gasteiger partial charge in [0.1, 0.15) is 0 Å². The Morgan fingerprint density at radius 3 is 2.52 bits per heavy atom. The average molecular weight is 292 g/mol. The monoisotopic (exact) mass is 292 g/mol. The van der Waals surface area contributed by atoms with E-state index in [9.17, 15) is 14.4 Å². The number of carbonyl (C=O) groups excluding carboxylic acids is 3. The van der Waals surface area contributed by atoms with Crippen molar-refractivity contribution in [3.8, 4) is 0 Å². The summed E-state index contributed by atoms with van der Waals surface area (Å²) in [5.41, 5.74) is -0.324. The lowest BCUT2D eigenvalue weighted by atomic mass is 9.91. The van der Waals surface area contributed by atoms with Gasteiger partial charge in [-0.1, -0.05) is 6.08 Å². The lowest BCUT2D eigenvalue weighted by Gasteiger charge is -2.22. The minimum absolute atomic E-state index is 0.0234. The van der Waals surface area contributed by atoms with Crippen LogP contribution in [0, 0.1) is 5.41 Å². The molecule has 0 aromatic heterocycles. The smallest absolute Gasteiger partial charge is 0.316 e. The van der Waals surface area contributed by atoms with Crippen LogP contribution in [-0.2, 0) is 19.1 Å². The van der Waals surface area contributed by atoms with Crippen molar-refractivity contribution in [2.45, 2.75) is 59.3 Å². The van der Waals surface area contributed by atoms with E-state index in [4.69, 9.17) is 4.74 Å². The second-order valence-electron chi connectivity index (χ2n) is 6.33. The van der Waals surface area contributed by atoms with Gasteiger partial charge in [0.25, 0.3) is 0 Å². The highest BCUT2D eigenvalue weighted by molar-refractivity contribution is 6.07. The predicted molar refractivity (Wildman–Crippen MR) is 80.5 cm³/mol. The number of hydrogen-bond donors (Lipinski definition) is 0. The number of allylic oxidation sites excluding steroid dienone is 3. The Bertz CT molecular complexity index is 478. The van der Waals surface area contributed by atoms with Gasteiger partial charge in [0.05, 0.1) is 5.41 Å². The highest BCUT2D eigenvalue weighted by Gasteiger charge is 2.31. The molecule has 21 heavy (non-hydrogen) atoms. The second-order valence-corrected chi connectivity index (χ2v) is 6.33. The Morgan fingerprint density at radius 2 is 1.95 bits per heavy atom. The Morgan fingerprint density at radius 1 is 1.29 bits per heavy atom. The molecule has 0 bridgehead atoms. The first-order chi connectivity index (χ1) is 9.77. The Hall–Kier alpha value is -1.71. The molecule has 0 N–H and O–H groups in total. The molecule has 0 radical (unpaired) electrons. The maximum atomic E-state index is 12.2. The molecule has 0 saturated heterocycles. The van der Waals surface area contributed by atoms with E-state index in [1.54, 1.807) is 26.8 Å². The van der Waals surface area contributed by atoms with Crippen molar-refractivity contribution in [1.82, 2.24) is 0 Å². The topological polar surface area (TPSA) is 60.4 Å². The van der Waals surface area contributed by atoms with Crippen molar-refractivity contribution in [3.05, 3.63) is 24.0 Å². The summed E-state index contributed by atoms with van der Waals surface area (Å²) in [6.45, 7) is 8.77. The average Bonchev–Trinajstić information content (AvgIpc) is 2.40. The first-order valence-corrected chi connectivity index (χ1v) is 7.40. The van der Waals surface area contributed by atoms with E-state index in [1.807, 2.05) is 0 Å². The summed E-state index contributed by atoms with van der Waals surface area (Å²) in [6, 6.07) is 0. The normalized spacial score (nSPS) is 15.9. The van der Waals surface area contributed by atoms with Gasteiger partial charge < -0.3 is 4.74 Å². The summed E-state index contributed by atoms with van der Waals surface area (Å²) in [5, 5.41) is 0. The number of hydrogen-bond acceptors (Lipinski definition) is 4. The van der Waals surface area contributed by atoms with Crippen molar-refractivity contribution in [2.75, 3.05) is 0 Å². The van der Waals surface area contributed by atoms with Crippen LogP contribution in [0.2, 0.25) is 0 Å². The minimum Gasteiger partial charge on any atom is -0.422 e. The van der Waals surface area contributed by atoms with Crippen molar-refractivity contribution in [3.63, 3.8) is 0 Å². The van der Waals surface area contributed by atoms with E-state index >= 15 is 0 Å². The van der Waals surface area contributed by atoms with E-state index in [1.165, 1.54) is 0 Å². The van der Waals surface area contributed by atoms with Crippen LogP contribution in [0.4, 0.5) is 0 Å². The SMILES string of the molecule is C=CCCCC(=O)C1=C(OC(=O)C(C)(C)C)C(=O)CCC1. The second kappa shape index (κ2) is 7.34. The largest absolute Gasteiger partial charge is 0.422 e. The molecule has 0 aromatic carbocycles. The van der Waals surface area contributed by atoms with Crippen LogP contribution in [-0.4, -0.2) is 17.5 Å². The maximum Gasteiger partial charge on any atom is 0.316 e. The third-order valence-corrected chi connectivity index (χ3v) is 3.31. The fraction of sp³-hybridized carbons (Fsp3) is 0.588. The number of ether oxygens (including phenoxy) is 1. The molecule has 1 aliphatic rings. The van der Waals surface area contributed by atoms with E-state index < -0.39 is 11.4 Å². The molecule has 0 atom stereocenters. The summed E-state index contributed by atoms with van der Waals surface area (Å²) < 4.78 is 5.26. The number of ketones is 2. The van der Waals surface area contributed by atoms with Crippen LogP contribution >= 0.6 is 0 Å². The number of carbonyl (C=O) groups is 3. The summed E-state index contributed by atoms with van der Waals surface area (Å²) in [4.78, 5) is 36.2. The van der Waals surface area contributed by atoms with Crippen molar-refractivity contribution >= 4 is 17.5 Å². The molecule has 0 saturated carbocycles. The highest BCUT2D eigenvalue weighted by Crippen LogP contribution is 2.27. The predicted octanol–water partition coefficient (Wildman–Crippen LogP) is 3.51. The Balaban J connectivity index is 2.94. The third-order valence-electron chi connectivity index (χ3n) is 3.31. The Kier molecular flexibility index (Phi) is 6.06. The van der Waals surface area contributed by atoms with Crippen LogP contribution in [0.5, 0.6) is 0 Å². The van der Waals surface area contributed by atoms with Gasteiger partial charge in [-0.2, -0.15) is 0 Å². The van der Waals surface area contributed by atoms with Gasteiger partial charge >= 0.3 is 5.97 Å². The molecule has 0 aromatic rings. The van der Waals surface area contributed by atoms with Gasteiger partial charge in [-0.15, -0.1) is 6.58 Å². The summed E-state index contributed by atoms with van der Waals surface area (Å²) >= 11 is 0. The third kappa shape index (κ3) is 4.96. The van der Waals surface area contributed by atoms with E-state index in [0.717, 1.165) is 6.42 Å². The molecule has 0 amide bonds. The van der Waals surface area contributed by atoms with Gasteiger partial charge in [0.15, 0.2) is 17.3 Å². The van der Waals surface area contributed by atoms with E-state index in [0.29, 0.717) is 37.7 Å². The highest BCUT2D eigenvalue weighted by atomic mass is 16.5. The molecule has 1 aliphatic carbocycles. The first kappa shape index (κ1) is 17.3. The van der Waals surface area contributed by atoms with Crippen LogP contribution in [0.1, 0.15) is 59.3 Å². The molecular formula is C17H24O4. The molecule has 0 heterocycles. The lowest BCUT2D eigenvalue weighted by molar-refractivity contribution is -0.151. The molecule has 0 unspecified atom stereocenters. The van der Waals surface area contributed by atoms with Crippen molar-refractivity contribution in [2.24, 2.45) is 5.41 Å². The number of rotatable bonds is 6. The number of esters is 1. The number of Topliss-reactive ketones (excluding diaryl/α,β-unsaturated/α-hetero) is 2. The van der Waals surface area contributed by atoms with Gasteiger partial charge in [-0.05, 0) is 46.5 Å². The zero-order chi connectivity index (χ0) is 16.0. The van der Waals surface area contributed by atoms with E-state index in [-0.39, 0.29) is 17.3 Å². The van der Waals surface area contributed by atoms with Gasteiger partial charge in [-0.3, -0.25) is 14.4 Å². The summed E-state index contributed by atoms with van der Waals surface area (Å²) in [5.74, 6) is -0.846. The van der Waals surface area contributed by atoms with Gasteiger partial charge in [0, 0.05) is 18.4 Å². The maximum absolute atomic E-state index is 12.2. The fourth-order valence-electron chi connectivity index (χ4n) is 2.01. The molecule has 4 nitrogen and oxygen atoms in total. The fourth-order valence-corrected chi connectivity index (χ4v) is 2.01. The molecule has 0 fully saturated rings. The molecule has 116 valence electrons. The molecule has 0 aliphatic heterocycles. The lowest BCUT2D eigenvalue weighted by Crippen LogP contribution is -2.27. The first-order valence-electron chi connectivity index (χ1n) is 7.40. The standard InChI is InChI=1S/C17H24O4/c1-5-6-7-10-13(18)12-9-8-11-14(19)15(12)21-16(20)17(2,3)4/h5H,1,6-11H2,2-4H3. The molecule has 1 rings (SSSR count). The summed E-state index contributed by atoms with van der Waals surface area (Å²) in [7, 11) is 0. The molecular weight excluding hydrogens is 268 g/mol. The van der Waals surface area contributed by atoms with Crippen LogP contribution in [0.15, 0.2) is 24.0 Å². The van der Waals surface area contributed by atoms with Gasteiger partial charge in [-0.25, -0.2) is 0 Å². The Labute approximate surface area is 126 Å². The zero-order valence-corrected chi connectivity index (χ0v) is 13.2. The number of unbranched alkanes of at least 4 members (excludes halogenated alkanes) is 1. The van der Waals surface area contributed by atoms with Crippen molar-refractivity contribution in [1.29, 1.82) is 0 Å². The molecule has 0 spiro atoms. The minimum atomic E-state index is -0.707. The molecule has 4 heteroatoms. The quantitative estimate of drug-likeness (QED) is 0.427. The summed E-state index contributed by atoms with van der Waals surface area (Å²) in [6.07, 6.45) is 5.03. The van der Waals surface area contributed by atoms with Crippen LogP contribution < -0.4 is 0 Å². The van der Waals surface area contributed by atoms with Crippen LogP contribution in [0.25, 0.3) is 0 Å². The van der Waals surface area contributed by atoms with Crippen LogP contribution in [0.3, 0.4) is 0 Å².